The molecule has 0 N–H and O–H groups in total. The summed E-state index contributed by atoms with van der Waals surface area (Å²) < 4.78 is 40.3. The van der Waals surface area contributed by atoms with Gasteiger partial charge in [0.15, 0.2) is 11.5 Å². The van der Waals surface area contributed by atoms with Crippen LogP contribution in [0.3, 0.4) is 0 Å². The van der Waals surface area contributed by atoms with E-state index in [0.717, 1.165) is 16.9 Å². The number of carbonyl (C=O) groups is 1. The van der Waals surface area contributed by atoms with Gasteiger partial charge in [0, 0.05) is 36.3 Å². The van der Waals surface area contributed by atoms with Crippen molar-refractivity contribution < 1.29 is 23.0 Å². The minimum atomic E-state index is -0.366. The van der Waals surface area contributed by atoms with Crippen LogP contribution in [0.4, 0.5) is 8.78 Å². The molecule has 8 heteroatoms. The highest BCUT2D eigenvalue weighted by Gasteiger charge is 2.28. The molecule has 172 valence electrons. The first-order valence-corrected chi connectivity index (χ1v) is 11.2. The van der Waals surface area contributed by atoms with Crippen LogP contribution in [-0.2, 0) is 0 Å². The Balaban J connectivity index is 1.32. The Hall–Kier alpha value is -3.94. The second kappa shape index (κ2) is 8.13. The van der Waals surface area contributed by atoms with Crippen LogP contribution in [0.2, 0.25) is 0 Å². The van der Waals surface area contributed by atoms with Crippen LogP contribution in [0.25, 0.3) is 22.4 Å². The number of imidazole rings is 1. The molecule has 34 heavy (non-hydrogen) atoms. The van der Waals surface area contributed by atoms with Crippen molar-refractivity contribution in [3.8, 4) is 22.9 Å². The smallest absolute Gasteiger partial charge is 0.253 e. The summed E-state index contributed by atoms with van der Waals surface area (Å²) in [4.78, 5) is 19.4. The summed E-state index contributed by atoms with van der Waals surface area (Å²) in [5, 5.41) is 0. The zero-order chi connectivity index (χ0) is 23.2. The first-order valence-electron chi connectivity index (χ1n) is 11.2. The van der Waals surface area contributed by atoms with Crippen molar-refractivity contribution in [2.45, 2.75) is 18.9 Å². The third kappa shape index (κ3) is 3.55. The van der Waals surface area contributed by atoms with Crippen LogP contribution < -0.4 is 9.47 Å². The topological polar surface area (TPSA) is 56.6 Å². The fourth-order valence-electron chi connectivity index (χ4n) is 4.78. The molecule has 0 radical (unpaired) electrons. The van der Waals surface area contributed by atoms with Crippen molar-refractivity contribution in [1.82, 2.24) is 14.5 Å². The van der Waals surface area contributed by atoms with Crippen molar-refractivity contribution in [1.29, 1.82) is 0 Å². The molecular weight excluding hydrogens is 440 g/mol. The number of carbonyl (C=O) groups excluding carboxylic acids is 1. The lowest BCUT2D eigenvalue weighted by atomic mass is 10.0. The summed E-state index contributed by atoms with van der Waals surface area (Å²) in [7, 11) is 0. The minimum Gasteiger partial charge on any atom is -0.454 e. The van der Waals surface area contributed by atoms with Crippen LogP contribution in [0, 0.1) is 11.6 Å². The van der Waals surface area contributed by atoms with E-state index in [1.807, 2.05) is 18.2 Å². The quantitative estimate of drug-likeness (QED) is 0.422. The van der Waals surface area contributed by atoms with Gasteiger partial charge in [-0.15, -0.1) is 0 Å². The Morgan fingerprint density at radius 2 is 1.62 bits per heavy atom. The molecule has 4 aromatic rings. The molecule has 0 aliphatic carbocycles. The maximum Gasteiger partial charge on any atom is 0.253 e. The number of aromatic nitrogens is 2. The number of halogens is 2. The largest absolute Gasteiger partial charge is 0.454 e. The summed E-state index contributed by atoms with van der Waals surface area (Å²) in [6, 6.07) is 16.0. The maximum absolute atomic E-state index is 14.0. The Morgan fingerprint density at radius 1 is 0.882 bits per heavy atom. The predicted octanol–water partition coefficient (Wildman–Crippen LogP) is 5.19. The van der Waals surface area contributed by atoms with Gasteiger partial charge in [0.25, 0.3) is 5.91 Å². The highest BCUT2D eigenvalue weighted by Crippen LogP contribution is 2.39. The number of nitrogens with zero attached hydrogens (tertiary/aromatic N) is 3. The van der Waals surface area contributed by atoms with E-state index in [-0.39, 0.29) is 30.4 Å². The molecule has 1 fully saturated rings. The number of rotatable bonds is 3. The molecular formula is C26H21F2N3O3. The lowest BCUT2D eigenvalue weighted by Gasteiger charge is -2.33. The van der Waals surface area contributed by atoms with E-state index in [4.69, 9.17) is 14.5 Å². The van der Waals surface area contributed by atoms with Gasteiger partial charge in [-0.2, -0.15) is 0 Å². The second-order valence-corrected chi connectivity index (χ2v) is 8.54. The van der Waals surface area contributed by atoms with E-state index in [0.29, 0.717) is 48.5 Å². The predicted molar refractivity (Wildman–Crippen MR) is 122 cm³/mol. The van der Waals surface area contributed by atoms with Crippen molar-refractivity contribution >= 4 is 16.9 Å². The average molecular weight is 461 g/mol. The number of ether oxygens (including phenoxy) is 2. The van der Waals surface area contributed by atoms with Crippen LogP contribution in [-0.4, -0.2) is 40.2 Å². The molecule has 1 saturated heterocycles. The molecule has 0 atom stereocenters. The first kappa shape index (κ1) is 20.7. The highest BCUT2D eigenvalue weighted by atomic mass is 19.1. The first-order chi connectivity index (χ1) is 16.6. The van der Waals surface area contributed by atoms with E-state index in [9.17, 15) is 13.6 Å². The fourth-order valence-corrected chi connectivity index (χ4v) is 4.78. The summed E-state index contributed by atoms with van der Waals surface area (Å²) in [6.07, 6.45) is 1.43. The fraction of sp³-hybridized carbons (Fsp3) is 0.231. The van der Waals surface area contributed by atoms with Gasteiger partial charge in [0.1, 0.15) is 17.5 Å². The molecule has 3 heterocycles. The van der Waals surface area contributed by atoms with Gasteiger partial charge in [0.05, 0.1) is 11.0 Å². The molecule has 0 saturated carbocycles. The molecule has 0 spiro atoms. The molecule has 2 aliphatic heterocycles. The number of piperidine rings is 1. The number of amides is 1. The monoisotopic (exact) mass is 461 g/mol. The van der Waals surface area contributed by atoms with Crippen molar-refractivity contribution in [2.24, 2.45) is 0 Å². The molecule has 0 bridgehead atoms. The lowest BCUT2D eigenvalue weighted by Crippen LogP contribution is -2.39. The number of fused-ring (bicyclic) bond motifs is 2. The van der Waals surface area contributed by atoms with E-state index < -0.39 is 0 Å². The molecule has 1 aromatic heterocycles. The summed E-state index contributed by atoms with van der Waals surface area (Å²) in [5.41, 5.74) is 2.75. The van der Waals surface area contributed by atoms with Gasteiger partial charge in [-0.25, -0.2) is 13.8 Å². The minimum absolute atomic E-state index is 0.0770. The molecule has 6 nitrogen and oxygen atoms in total. The van der Waals surface area contributed by atoms with Crippen LogP contribution in [0.15, 0.2) is 60.7 Å². The summed E-state index contributed by atoms with van der Waals surface area (Å²) in [5.74, 6) is 1.25. The molecule has 0 unspecified atom stereocenters. The summed E-state index contributed by atoms with van der Waals surface area (Å²) in [6.45, 7) is 1.30. The van der Waals surface area contributed by atoms with Crippen molar-refractivity contribution in [3.05, 3.63) is 77.9 Å². The standard InChI is InChI=1S/C26H21F2N3O3/c27-18-4-1-16(2-5-18)26(32)30-11-9-20(10-12-30)31-22-7-6-19(28)14-21(22)29-25(31)17-3-8-23-24(13-17)34-15-33-23/h1-8,13-14,20H,9-12,15H2. The van der Waals surface area contributed by atoms with Crippen LogP contribution in [0.5, 0.6) is 11.5 Å². The van der Waals surface area contributed by atoms with E-state index >= 15 is 0 Å². The van der Waals surface area contributed by atoms with Crippen molar-refractivity contribution in [3.63, 3.8) is 0 Å². The number of hydrogen-bond acceptors (Lipinski definition) is 4. The Kier molecular flexibility index (Phi) is 4.94. The van der Waals surface area contributed by atoms with Gasteiger partial charge in [0.2, 0.25) is 6.79 Å². The Morgan fingerprint density at radius 3 is 2.41 bits per heavy atom. The highest BCUT2D eigenvalue weighted by molar-refractivity contribution is 5.94. The van der Waals surface area contributed by atoms with E-state index in [1.165, 1.54) is 36.4 Å². The molecule has 3 aromatic carbocycles. The zero-order valence-corrected chi connectivity index (χ0v) is 18.2. The zero-order valence-electron chi connectivity index (χ0n) is 18.2. The molecule has 2 aliphatic rings. The van der Waals surface area contributed by atoms with E-state index in [1.54, 1.807) is 11.0 Å². The normalized spacial score (nSPS) is 15.8. The van der Waals surface area contributed by atoms with Gasteiger partial charge >= 0.3 is 0 Å². The molecule has 6 rings (SSSR count). The van der Waals surface area contributed by atoms with Crippen LogP contribution >= 0.6 is 0 Å². The lowest BCUT2D eigenvalue weighted by molar-refractivity contribution is 0.0696. The molecule has 1 amide bonds. The van der Waals surface area contributed by atoms with Crippen molar-refractivity contribution in [2.75, 3.05) is 19.9 Å². The Labute approximate surface area is 194 Å². The third-order valence-corrected chi connectivity index (χ3v) is 6.49. The van der Waals surface area contributed by atoms with E-state index in [2.05, 4.69) is 4.57 Å². The van der Waals surface area contributed by atoms with Crippen LogP contribution in [0.1, 0.15) is 29.2 Å². The van der Waals surface area contributed by atoms with Gasteiger partial charge < -0.3 is 18.9 Å². The SMILES string of the molecule is O=C(c1ccc(F)cc1)N1CCC(n2c(-c3ccc4c(c3)OCO4)nc3cc(F)ccc32)CC1. The van der Waals surface area contributed by atoms with Gasteiger partial charge in [-0.3, -0.25) is 4.79 Å². The van der Waals surface area contributed by atoms with Gasteiger partial charge in [-0.05, 0) is 67.4 Å². The second-order valence-electron chi connectivity index (χ2n) is 8.54. The maximum atomic E-state index is 14.0. The van der Waals surface area contributed by atoms with Gasteiger partial charge in [-0.1, -0.05) is 0 Å². The number of likely N-dealkylation sites (tertiary alicyclic amines) is 1. The Bertz CT molecular complexity index is 1390. The summed E-state index contributed by atoms with van der Waals surface area (Å²) >= 11 is 0. The number of benzene rings is 3. The third-order valence-electron chi connectivity index (χ3n) is 6.49. The number of hydrogen-bond donors (Lipinski definition) is 0. The average Bonchev–Trinajstić information content (AvgIpc) is 3.48.